The molecule has 6 nitrogen and oxygen atoms in total. The minimum Gasteiger partial charge on any atom is -0.444 e. The number of carbonyl (C=O) groups is 2. The lowest BCUT2D eigenvalue weighted by atomic mass is 9.96. The molecule has 1 amide bonds. The molecule has 0 spiro atoms. The van der Waals surface area contributed by atoms with Crippen molar-refractivity contribution in [3.63, 3.8) is 0 Å². The first-order valence-electron chi connectivity index (χ1n) is 7.82. The molecular weight excluding hydrogens is 294 g/mol. The first-order chi connectivity index (χ1) is 10.6. The Bertz CT molecular complexity index is 553. The third-order valence-electron chi connectivity index (χ3n) is 3.40. The van der Waals surface area contributed by atoms with Crippen LogP contribution in [0.4, 0.5) is 4.79 Å². The molecule has 0 aliphatic carbocycles. The van der Waals surface area contributed by atoms with Gasteiger partial charge in [0.25, 0.3) is 0 Å². The van der Waals surface area contributed by atoms with Gasteiger partial charge in [-0.25, -0.2) is 4.79 Å². The van der Waals surface area contributed by atoms with E-state index in [1.165, 1.54) is 4.90 Å². The summed E-state index contributed by atoms with van der Waals surface area (Å²) < 4.78 is 5.33. The zero-order chi connectivity index (χ0) is 17.6. The molecule has 0 saturated carbocycles. The summed E-state index contributed by atoms with van der Waals surface area (Å²) >= 11 is 0. The quantitative estimate of drug-likeness (QED) is 0.753. The first-order valence-corrected chi connectivity index (χ1v) is 7.82. The van der Waals surface area contributed by atoms with Crippen molar-refractivity contribution in [2.45, 2.75) is 59.0 Å². The molecule has 6 heteroatoms. The zero-order valence-electron chi connectivity index (χ0n) is 14.9. The van der Waals surface area contributed by atoms with Crippen LogP contribution in [0.3, 0.4) is 0 Å². The number of carbonyl (C=O) groups excluding carboxylic acids is 2. The maximum Gasteiger partial charge on any atom is 0.410 e. The molecule has 0 N–H and O–H groups in total. The molecule has 1 heterocycles. The van der Waals surface area contributed by atoms with Crippen LogP contribution >= 0.6 is 0 Å². The molecule has 0 fully saturated rings. The number of nitrogens with zero attached hydrogens (tertiary/aromatic N) is 3. The highest BCUT2D eigenvalue weighted by atomic mass is 16.6. The first kappa shape index (κ1) is 19.1. The maximum atomic E-state index is 12.0. The van der Waals surface area contributed by atoms with E-state index in [4.69, 9.17) is 4.74 Å². The fourth-order valence-electron chi connectivity index (χ4n) is 2.21. The van der Waals surface area contributed by atoms with Gasteiger partial charge in [-0.1, -0.05) is 0 Å². The van der Waals surface area contributed by atoms with Gasteiger partial charge >= 0.3 is 6.09 Å². The average molecular weight is 321 g/mol. The SMILES string of the molecule is Cc1cnc(C)c([C@@H](CC=O)CCN(C)C(=O)OC(C)(C)C)n1. The van der Waals surface area contributed by atoms with Crippen LogP contribution in [-0.4, -0.2) is 46.4 Å². The van der Waals surface area contributed by atoms with Crippen molar-refractivity contribution >= 4 is 12.4 Å². The van der Waals surface area contributed by atoms with Crippen molar-refractivity contribution < 1.29 is 14.3 Å². The summed E-state index contributed by atoms with van der Waals surface area (Å²) in [6.07, 6.45) is 3.23. The monoisotopic (exact) mass is 321 g/mol. The molecule has 1 atom stereocenters. The molecule has 0 radical (unpaired) electrons. The Morgan fingerprint density at radius 3 is 2.61 bits per heavy atom. The van der Waals surface area contributed by atoms with Gasteiger partial charge in [-0.15, -0.1) is 0 Å². The van der Waals surface area contributed by atoms with Crippen molar-refractivity contribution in [3.8, 4) is 0 Å². The van der Waals surface area contributed by atoms with Crippen LogP contribution in [0.5, 0.6) is 0 Å². The molecule has 0 aliphatic heterocycles. The number of ether oxygens (including phenoxy) is 1. The molecule has 1 aromatic heterocycles. The van der Waals surface area contributed by atoms with Crippen LogP contribution in [0, 0.1) is 13.8 Å². The minimum atomic E-state index is -0.522. The summed E-state index contributed by atoms with van der Waals surface area (Å²) in [6, 6.07) is 0. The number of rotatable bonds is 6. The van der Waals surface area contributed by atoms with Gasteiger partial charge in [-0.2, -0.15) is 0 Å². The largest absolute Gasteiger partial charge is 0.444 e. The molecule has 1 rings (SSSR count). The normalized spacial score (nSPS) is 12.6. The van der Waals surface area contributed by atoms with Crippen LogP contribution in [0.1, 0.15) is 56.6 Å². The van der Waals surface area contributed by atoms with Crippen molar-refractivity contribution in [1.82, 2.24) is 14.9 Å². The summed E-state index contributed by atoms with van der Waals surface area (Å²) in [5, 5.41) is 0. The highest BCUT2D eigenvalue weighted by Gasteiger charge is 2.22. The van der Waals surface area contributed by atoms with Crippen molar-refractivity contribution in [2.75, 3.05) is 13.6 Å². The van der Waals surface area contributed by atoms with Gasteiger partial charge in [-0.05, 0) is 41.0 Å². The Morgan fingerprint density at radius 1 is 1.39 bits per heavy atom. The molecule has 0 bridgehead atoms. The Hall–Kier alpha value is -1.98. The minimum absolute atomic E-state index is 0.0511. The number of amides is 1. The number of aromatic nitrogens is 2. The number of aldehydes is 1. The van der Waals surface area contributed by atoms with Crippen LogP contribution in [-0.2, 0) is 9.53 Å². The number of hydrogen-bond acceptors (Lipinski definition) is 5. The van der Waals surface area contributed by atoms with Gasteiger partial charge in [0, 0.05) is 32.1 Å². The number of hydrogen-bond donors (Lipinski definition) is 0. The van der Waals surface area contributed by atoms with Crippen molar-refractivity contribution in [1.29, 1.82) is 0 Å². The van der Waals surface area contributed by atoms with Crippen molar-refractivity contribution in [2.24, 2.45) is 0 Å². The van der Waals surface area contributed by atoms with E-state index in [0.717, 1.165) is 23.4 Å². The lowest BCUT2D eigenvalue weighted by Gasteiger charge is -2.26. The van der Waals surface area contributed by atoms with Crippen LogP contribution in [0.25, 0.3) is 0 Å². The van der Waals surface area contributed by atoms with Gasteiger partial charge in [0.2, 0.25) is 0 Å². The Morgan fingerprint density at radius 2 is 2.04 bits per heavy atom. The number of aryl methyl sites for hydroxylation is 2. The smallest absolute Gasteiger partial charge is 0.410 e. The predicted molar refractivity (Wildman–Crippen MR) is 88.4 cm³/mol. The second-order valence-electron chi connectivity index (χ2n) is 6.77. The standard InChI is InChI=1S/C17H27N3O3/c1-12-11-18-13(2)15(19-12)14(8-10-21)7-9-20(6)16(22)23-17(3,4)5/h10-11,14H,7-9H2,1-6H3/t14-/m1/s1. The summed E-state index contributed by atoms with van der Waals surface area (Å²) in [7, 11) is 1.70. The highest BCUT2D eigenvalue weighted by Crippen LogP contribution is 2.23. The summed E-state index contributed by atoms with van der Waals surface area (Å²) in [4.78, 5) is 33.3. The summed E-state index contributed by atoms with van der Waals surface area (Å²) in [5.74, 6) is -0.0511. The van der Waals surface area contributed by atoms with E-state index < -0.39 is 5.60 Å². The fourth-order valence-corrected chi connectivity index (χ4v) is 2.21. The van der Waals surface area contributed by atoms with Gasteiger partial charge in [0.1, 0.15) is 11.9 Å². The Labute approximate surface area is 138 Å². The second-order valence-corrected chi connectivity index (χ2v) is 6.77. The fraction of sp³-hybridized carbons (Fsp3) is 0.647. The Kier molecular flexibility index (Phi) is 6.66. The van der Waals surface area contributed by atoms with Crippen molar-refractivity contribution in [3.05, 3.63) is 23.3 Å². The van der Waals surface area contributed by atoms with E-state index >= 15 is 0 Å². The molecule has 128 valence electrons. The predicted octanol–water partition coefficient (Wildman–Crippen LogP) is 3.02. The third-order valence-corrected chi connectivity index (χ3v) is 3.40. The summed E-state index contributed by atoms with van der Waals surface area (Å²) in [5.41, 5.74) is 1.95. The molecule has 1 aromatic rings. The molecular formula is C17H27N3O3. The molecule has 0 unspecified atom stereocenters. The van der Waals surface area contributed by atoms with E-state index in [1.807, 2.05) is 34.6 Å². The van der Waals surface area contributed by atoms with Gasteiger partial charge in [0.05, 0.1) is 17.1 Å². The maximum absolute atomic E-state index is 12.0. The molecule has 23 heavy (non-hydrogen) atoms. The van der Waals surface area contributed by atoms with Gasteiger partial charge in [-0.3, -0.25) is 9.97 Å². The Balaban J connectivity index is 2.75. The average Bonchev–Trinajstić information content (AvgIpc) is 2.44. The van der Waals surface area contributed by atoms with E-state index in [-0.39, 0.29) is 12.0 Å². The van der Waals surface area contributed by atoms with E-state index in [9.17, 15) is 9.59 Å². The lowest BCUT2D eigenvalue weighted by Crippen LogP contribution is -2.35. The molecule has 0 aliphatic rings. The zero-order valence-corrected chi connectivity index (χ0v) is 14.9. The highest BCUT2D eigenvalue weighted by molar-refractivity contribution is 5.67. The van der Waals surface area contributed by atoms with Crippen LogP contribution in [0.15, 0.2) is 6.20 Å². The van der Waals surface area contributed by atoms with Crippen LogP contribution < -0.4 is 0 Å². The second kappa shape index (κ2) is 8.04. The molecule has 0 saturated heterocycles. The van der Waals surface area contributed by atoms with E-state index in [1.54, 1.807) is 13.2 Å². The third kappa shape index (κ3) is 6.34. The van der Waals surface area contributed by atoms with Crippen LogP contribution in [0.2, 0.25) is 0 Å². The lowest BCUT2D eigenvalue weighted by molar-refractivity contribution is -0.108. The van der Waals surface area contributed by atoms with E-state index in [0.29, 0.717) is 19.4 Å². The molecule has 0 aromatic carbocycles. The summed E-state index contributed by atoms with van der Waals surface area (Å²) in [6.45, 7) is 9.75. The van der Waals surface area contributed by atoms with Gasteiger partial charge < -0.3 is 14.4 Å². The van der Waals surface area contributed by atoms with E-state index in [2.05, 4.69) is 9.97 Å². The topological polar surface area (TPSA) is 72.4 Å². The van der Waals surface area contributed by atoms with Gasteiger partial charge in [0.15, 0.2) is 0 Å².